The van der Waals surface area contributed by atoms with E-state index in [9.17, 15) is 21.6 Å². The van der Waals surface area contributed by atoms with E-state index < -0.39 is 32.7 Å². The van der Waals surface area contributed by atoms with Crippen LogP contribution in [0.3, 0.4) is 0 Å². The first-order valence-corrected chi connectivity index (χ1v) is 10.8. The summed E-state index contributed by atoms with van der Waals surface area (Å²) >= 11 is 6.64. The molecule has 0 fully saturated rings. The summed E-state index contributed by atoms with van der Waals surface area (Å²) in [6, 6.07) is 8.12. The molecule has 3 rings (SSSR count). The van der Waals surface area contributed by atoms with Gasteiger partial charge in [-0.25, -0.2) is 21.6 Å². The van der Waals surface area contributed by atoms with Crippen molar-refractivity contribution in [1.29, 1.82) is 0 Å². The standard InChI is InChI=1S/C17H10Br2F3NO3S/c1-27(24,25)13-5-3-8(7-12(13)20)14-15(23-26-16(14)17(21)22)9-2-4-10(18)11(19)6-9/h2-7,17H,1H3. The van der Waals surface area contributed by atoms with E-state index in [4.69, 9.17) is 4.52 Å². The van der Waals surface area contributed by atoms with Crippen molar-refractivity contribution in [3.05, 3.63) is 56.9 Å². The molecule has 0 aliphatic rings. The second-order valence-corrected chi connectivity index (χ2v) is 9.31. The molecule has 0 saturated heterocycles. The fourth-order valence-corrected chi connectivity index (χ4v) is 3.88. The van der Waals surface area contributed by atoms with Gasteiger partial charge in [0.25, 0.3) is 6.43 Å². The Morgan fingerprint density at radius 2 is 1.70 bits per heavy atom. The van der Waals surface area contributed by atoms with Gasteiger partial charge in [0.2, 0.25) is 5.76 Å². The first-order valence-electron chi connectivity index (χ1n) is 7.32. The zero-order valence-electron chi connectivity index (χ0n) is 13.5. The third-order valence-corrected chi connectivity index (χ3v) is 6.74. The van der Waals surface area contributed by atoms with Gasteiger partial charge in [0.05, 0.1) is 5.56 Å². The lowest BCUT2D eigenvalue weighted by Crippen LogP contribution is -2.01. The number of benzene rings is 2. The number of hydrogen-bond donors (Lipinski definition) is 0. The number of halogens is 5. The molecule has 0 aliphatic heterocycles. The van der Waals surface area contributed by atoms with E-state index in [0.717, 1.165) is 22.9 Å². The quantitative estimate of drug-likeness (QED) is 0.419. The smallest absolute Gasteiger partial charge is 0.298 e. The molecule has 3 aromatic rings. The third-order valence-electron chi connectivity index (χ3n) is 3.73. The maximum atomic E-state index is 14.3. The fraction of sp³-hybridized carbons (Fsp3) is 0.118. The SMILES string of the molecule is CS(=O)(=O)c1ccc(-c2c(-c3ccc(Br)c(Br)c3)noc2C(F)F)cc1F. The molecule has 1 aromatic heterocycles. The molecule has 10 heteroatoms. The number of sulfone groups is 1. The number of hydrogen-bond acceptors (Lipinski definition) is 4. The number of aromatic nitrogens is 1. The predicted molar refractivity (Wildman–Crippen MR) is 101 cm³/mol. The molecule has 0 unspecified atom stereocenters. The van der Waals surface area contributed by atoms with Crippen LogP contribution >= 0.6 is 31.9 Å². The lowest BCUT2D eigenvalue weighted by molar-refractivity contribution is 0.113. The van der Waals surface area contributed by atoms with Gasteiger partial charge in [-0.15, -0.1) is 0 Å². The average molecular weight is 525 g/mol. The van der Waals surface area contributed by atoms with E-state index in [-0.39, 0.29) is 16.8 Å². The van der Waals surface area contributed by atoms with Crippen LogP contribution in [0.5, 0.6) is 0 Å². The summed E-state index contributed by atoms with van der Waals surface area (Å²) in [5.41, 5.74) is 0.483. The highest BCUT2D eigenvalue weighted by molar-refractivity contribution is 9.13. The van der Waals surface area contributed by atoms with Crippen molar-refractivity contribution in [2.75, 3.05) is 6.26 Å². The van der Waals surface area contributed by atoms with Crippen molar-refractivity contribution in [2.45, 2.75) is 11.3 Å². The second kappa shape index (κ2) is 7.40. The van der Waals surface area contributed by atoms with Gasteiger partial charge in [0.1, 0.15) is 16.4 Å². The average Bonchev–Trinajstić information content (AvgIpc) is 3.01. The lowest BCUT2D eigenvalue weighted by Gasteiger charge is -2.08. The van der Waals surface area contributed by atoms with Crippen molar-refractivity contribution in [2.24, 2.45) is 0 Å². The molecule has 0 N–H and O–H groups in total. The van der Waals surface area contributed by atoms with E-state index >= 15 is 0 Å². The summed E-state index contributed by atoms with van der Waals surface area (Å²) in [4.78, 5) is -0.519. The molecule has 0 spiro atoms. The van der Waals surface area contributed by atoms with E-state index in [1.54, 1.807) is 18.2 Å². The molecule has 0 aliphatic carbocycles. The number of rotatable bonds is 4. The maximum absolute atomic E-state index is 14.3. The van der Waals surface area contributed by atoms with Gasteiger partial charge in [-0.05, 0) is 61.7 Å². The van der Waals surface area contributed by atoms with E-state index in [1.165, 1.54) is 6.07 Å². The third kappa shape index (κ3) is 3.97. The Labute approximate surface area is 169 Å². The van der Waals surface area contributed by atoms with Crippen molar-refractivity contribution in [1.82, 2.24) is 5.16 Å². The Morgan fingerprint density at radius 3 is 2.26 bits per heavy atom. The zero-order valence-corrected chi connectivity index (χ0v) is 17.5. The summed E-state index contributed by atoms with van der Waals surface area (Å²) in [5.74, 6) is -1.77. The Kier molecular flexibility index (Phi) is 5.51. The molecule has 4 nitrogen and oxygen atoms in total. The topological polar surface area (TPSA) is 60.2 Å². The Hall–Kier alpha value is -1.65. The van der Waals surface area contributed by atoms with Gasteiger partial charge >= 0.3 is 0 Å². The molecular weight excluding hydrogens is 515 g/mol. The van der Waals surface area contributed by atoms with E-state index in [2.05, 4.69) is 37.0 Å². The van der Waals surface area contributed by atoms with Gasteiger partial charge < -0.3 is 4.52 Å². The van der Waals surface area contributed by atoms with Crippen LogP contribution in [0, 0.1) is 5.82 Å². The van der Waals surface area contributed by atoms with Crippen molar-refractivity contribution in [3.8, 4) is 22.4 Å². The Bertz CT molecular complexity index is 1130. The molecule has 0 atom stereocenters. The minimum Gasteiger partial charge on any atom is -0.354 e. The highest BCUT2D eigenvalue weighted by Crippen LogP contribution is 2.41. The minimum atomic E-state index is -3.79. The minimum absolute atomic E-state index is 0.0329. The molecule has 142 valence electrons. The van der Waals surface area contributed by atoms with Crippen LogP contribution in [0.15, 0.2) is 54.8 Å². The predicted octanol–water partition coefficient (Wildman–Crippen LogP) is 6.01. The fourth-order valence-electron chi connectivity index (χ4n) is 2.53. The summed E-state index contributed by atoms with van der Waals surface area (Å²) in [6.07, 6.45) is -2.13. The molecule has 0 saturated carbocycles. The molecular formula is C17H10Br2F3NO3S. The van der Waals surface area contributed by atoms with Crippen molar-refractivity contribution >= 4 is 41.7 Å². The highest BCUT2D eigenvalue weighted by atomic mass is 79.9. The summed E-state index contributed by atoms with van der Waals surface area (Å²) in [6.45, 7) is 0. The molecule has 0 radical (unpaired) electrons. The van der Waals surface area contributed by atoms with Gasteiger partial charge in [0, 0.05) is 20.8 Å². The van der Waals surface area contributed by atoms with E-state index in [1.807, 2.05) is 0 Å². The number of alkyl halides is 2. The molecule has 0 amide bonds. The first kappa shape index (κ1) is 20.1. The van der Waals surface area contributed by atoms with Crippen LogP contribution in [-0.4, -0.2) is 19.8 Å². The van der Waals surface area contributed by atoms with Gasteiger partial charge in [-0.3, -0.25) is 0 Å². The second-order valence-electron chi connectivity index (χ2n) is 5.62. The number of nitrogens with zero attached hydrogens (tertiary/aromatic N) is 1. The van der Waals surface area contributed by atoms with Crippen LogP contribution in [0.1, 0.15) is 12.2 Å². The lowest BCUT2D eigenvalue weighted by atomic mass is 9.99. The molecule has 0 bridgehead atoms. The van der Waals surface area contributed by atoms with Gasteiger partial charge in [-0.2, -0.15) is 0 Å². The molecule has 1 heterocycles. The molecule has 27 heavy (non-hydrogen) atoms. The van der Waals surface area contributed by atoms with Crippen LogP contribution < -0.4 is 0 Å². The Balaban J connectivity index is 2.24. The van der Waals surface area contributed by atoms with Gasteiger partial charge in [-0.1, -0.05) is 17.3 Å². The summed E-state index contributed by atoms with van der Waals surface area (Å²) in [5, 5.41) is 3.72. The van der Waals surface area contributed by atoms with Crippen LogP contribution in [0.25, 0.3) is 22.4 Å². The maximum Gasteiger partial charge on any atom is 0.298 e. The normalized spacial score (nSPS) is 12.0. The van der Waals surface area contributed by atoms with Crippen molar-refractivity contribution < 1.29 is 26.1 Å². The Morgan fingerprint density at radius 1 is 1.04 bits per heavy atom. The van der Waals surface area contributed by atoms with Crippen LogP contribution in [0.2, 0.25) is 0 Å². The zero-order chi connectivity index (χ0) is 19.9. The van der Waals surface area contributed by atoms with Crippen LogP contribution in [-0.2, 0) is 9.84 Å². The van der Waals surface area contributed by atoms with Gasteiger partial charge in [0.15, 0.2) is 9.84 Å². The van der Waals surface area contributed by atoms with Crippen molar-refractivity contribution in [3.63, 3.8) is 0 Å². The highest BCUT2D eigenvalue weighted by Gasteiger charge is 2.27. The monoisotopic (exact) mass is 523 g/mol. The van der Waals surface area contributed by atoms with Crippen LogP contribution in [0.4, 0.5) is 13.2 Å². The summed E-state index contributed by atoms with van der Waals surface area (Å²) < 4.78 is 70.5. The largest absolute Gasteiger partial charge is 0.354 e. The molecule has 2 aromatic carbocycles. The van der Waals surface area contributed by atoms with E-state index in [0.29, 0.717) is 10.0 Å². The summed E-state index contributed by atoms with van der Waals surface area (Å²) in [7, 11) is -3.79. The first-order chi connectivity index (χ1) is 12.6.